The predicted molar refractivity (Wildman–Crippen MR) is 111 cm³/mol. The monoisotopic (exact) mass is 396 g/mol. The lowest BCUT2D eigenvalue weighted by Crippen LogP contribution is -2.45. The fraction of sp³-hybridized carbons (Fsp3) is 0.286. The Bertz CT molecular complexity index is 919. The second-order valence-electron chi connectivity index (χ2n) is 6.54. The molecule has 1 atom stereocenters. The minimum absolute atomic E-state index is 0.190. The van der Waals surface area contributed by atoms with E-state index >= 15 is 0 Å². The van der Waals surface area contributed by atoms with Gasteiger partial charge in [-0.1, -0.05) is 43.3 Å². The molecule has 6 nitrogen and oxygen atoms in total. The van der Waals surface area contributed by atoms with Crippen LogP contribution >= 0.6 is 11.3 Å². The predicted octanol–water partition coefficient (Wildman–Crippen LogP) is 3.30. The Hall–Kier alpha value is -2.93. The first-order chi connectivity index (χ1) is 13.6. The SMILES string of the molecule is CCCNC(=O)[C@H](C)NC(=O)c1cn(Cc2ccccc2)nc1-c1cccs1. The Morgan fingerprint density at radius 3 is 2.64 bits per heavy atom. The van der Waals surface area contributed by atoms with E-state index in [2.05, 4.69) is 15.7 Å². The Labute approximate surface area is 168 Å². The number of carbonyl (C=O) groups excluding carboxylic acids is 2. The van der Waals surface area contributed by atoms with E-state index in [9.17, 15) is 9.59 Å². The number of aromatic nitrogens is 2. The van der Waals surface area contributed by atoms with Gasteiger partial charge in [0.2, 0.25) is 5.91 Å². The largest absolute Gasteiger partial charge is 0.354 e. The number of thiophene rings is 1. The summed E-state index contributed by atoms with van der Waals surface area (Å²) in [5.74, 6) is -0.494. The van der Waals surface area contributed by atoms with Gasteiger partial charge >= 0.3 is 0 Å². The zero-order valence-electron chi connectivity index (χ0n) is 16.0. The van der Waals surface area contributed by atoms with Gasteiger partial charge in [-0.15, -0.1) is 11.3 Å². The molecule has 0 spiro atoms. The van der Waals surface area contributed by atoms with Crippen LogP contribution in [0.15, 0.2) is 54.0 Å². The molecule has 0 saturated carbocycles. The van der Waals surface area contributed by atoms with Crippen molar-refractivity contribution in [2.24, 2.45) is 0 Å². The molecule has 0 fully saturated rings. The number of benzene rings is 1. The second kappa shape index (κ2) is 9.32. The Kier molecular flexibility index (Phi) is 6.60. The second-order valence-corrected chi connectivity index (χ2v) is 7.49. The van der Waals surface area contributed by atoms with Crippen LogP contribution in [0.3, 0.4) is 0 Å². The van der Waals surface area contributed by atoms with Crippen molar-refractivity contribution in [3.63, 3.8) is 0 Å². The summed E-state index contributed by atoms with van der Waals surface area (Å²) in [5, 5.41) is 12.2. The van der Waals surface area contributed by atoms with Crippen LogP contribution in [-0.4, -0.2) is 34.2 Å². The van der Waals surface area contributed by atoms with E-state index in [1.165, 1.54) is 11.3 Å². The molecule has 0 unspecified atom stereocenters. The molecule has 146 valence electrons. The van der Waals surface area contributed by atoms with E-state index in [1.807, 2.05) is 54.8 Å². The van der Waals surface area contributed by atoms with Crippen molar-refractivity contribution >= 4 is 23.2 Å². The third kappa shape index (κ3) is 4.86. The van der Waals surface area contributed by atoms with Gasteiger partial charge in [0.15, 0.2) is 0 Å². The Morgan fingerprint density at radius 2 is 1.96 bits per heavy atom. The maximum Gasteiger partial charge on any atom is 0.255 e. The van der Waals surface area contributed by atoms with Crippen LogP contribution in [0.4, 0.5) is 0 Å². The minimum Gasteiger partial charge on any atom is -0.354 e. The summed E-state index contributed by atoms with van der Waals surface area (Å²) in [6.45, 7) is 4.83. The maximum atomic E-state index is 12.9. The molecule has 0 aliphatic carbocycles. The summed E-state index contributed by atoms with van der Waals surface area (Å²) in [5.41, 5.74) is 2.19. The van der Waals surface area contributed by atoms with Gasteiger partial charge in [-0.2, -0.15) is 5.10 Å². The summed E-state index contributed by atoms with van der Waals surface area (Å²) in [6.07, 6.45) is 2.59. The van der Waals surface area contributed by atoms with Crippen LogP contribution in [0.25, 0.3) is 10.6 Å². The normalized spacial score (nSPS) is 11.8. The number of nitrogens with one attached hydrogen (secondary N) is 2. The topological polar surface area (TPSA) is 76.0 Å². The molecule has 0 aliphatic rings. The molecule has 3 rings (SSSR count). The van der Waals surface area contributed by atoms with Crippen molar-refractivity contribution in [3.05, 3.63) is 65.2 Å². The van der Waals surface area contributed by atoms with Crippen molar-refractivity contribution in [2.75, 3.05) is 6.54 Å². The van der Waals surface area contributed by atoms with Gasteiger partial charge in [-0.05, 0) is 30.4 Å². The third-order valence-corrected chi connectivity index (χ3v) is 5.11. The zero-order valence-corrected chi connectivity index (χ0v) is 16.8. The van der Waals surface area contributed by atoms with Gasteiger partial charge in [0.1, 0.15) is 11.7 Å². The average molecular weight is 397 g/mol. The van der Waals surface area contributed by atoms with Crippen LogP contribution in [0, 0.1) is 0 Å². The van der Waals surface area contributed by atoms with Gasteiger partial charge in [-0.3, -0.25) is 14.3 Å². The maximum absolute atomic E-state index is 12.9. The fourth-order valence-electron chi connectivity index (χ4n) is 2.78. The molecule has 7 heteroatoms. The summed E-state index contributed by atoms with van der Waals surface area (Å²) < 4.78 is 1.77. The van der Waals surface area contributed by atoms with Crippen LogP contribution < -0.4 is 10.6 Å². The van der Waals surface area contributed by atoms with Crippen LogP contribution in [0.1, 0.15) is 36.2 Å². The lowest BCUT2D eigenvalue weighted by Gasteiger charge is -2.13. The molecule has 2 amide bonds. The minimum atomic E-state index is -0.618. The van der Waals surface area contributed by atoms with Gasteiger partial charge < -0.3 is 10.6 Å². The molecule has 0 bridgehead atoms. The highest BCUT2D eigenvalue weighted by Gasteiger charge is 2.22. The van der Waals surface area contributed by atoms with E-state index in [-0.39, 0.29) is 11.8 Å². The molecule has 0 saturated heterocycles. The van der Waals surface area contributed by atoms with E-state index in [1.54, 1.807) is 17.8 Å². The highest BCUT2D eigenvalue weighted by atomic mass is 32.1. The fourth-order valence-corrected chi connectivity index (χ4v) is 3.50. The molecule has 1 aromatic carbocycles. The van der Waals surface area contributed by atoms with Crippen molar-refractivity contribution in [3.8, 4) is 10.6 Å². The van der Waals surface area contributed by atoms with E-state index < -0.39 is 6.04 Å². The zero-order chi connectivity index (χ0) is 19.9. The molecular formula is C21H24N4O2S. The smallest absolute Gasteiger partial charge is 0.255 e. The van der Waals surface area contributed by atoms with Gasteiger partial charge in [0.05, 0.1) is 17.0 Å². The molecule has 2 aromatic heterocycles. The van der Waals surface area contributed by atoms with Crippen LogP contribution in [0.2, 0.25) is 0 Å². The van der Waals surface area contributed by atoms with Gasteiger partial charge in [0, 0.05) is 12.7 Å². The summed E-state index contributed by atoms with van der Waals surface area (Å²) in [4.78, 5) is 25.9. The van der Waals surface area contributed by atoms with Crippen molar-refractivity contribution in [1.29, 1.82) is 0 Å². The number of hydrogen-bond acceptors (Lipinski definition) is 4. The molecule has 0 radical (unpaired) electrons. The number of rotatable bonds is 8. The van der Waals surface area contributed by atoms with Crippen LogP contribution in [0.5, 0.6) is 0 Å². The lowest BCUT2D eigenvalue weighted by molar-refractivity contribution is -0.122. The standard InChI is InChI=1S/C21H24N4O2S/c1-3-11-22-20(26)15(2)23-21(27)17-14-25(13-16-8-5-4-6-9-16)24-19(17)18-10-7-12-28-18/h4-10,12,14-15H,3,11,13H2,1-2H3,(H,22,26)(H,23,27)/t15-/m0/s1. The van der Waals surface area contributed by atoms with E-state index in [0.717, 1.165) is 16.9 Å². The Morgan fingerprint density at radius 1 is 1.18 bits per heavy atom. The Balaban J connectivity index is 1.82. The molecule has 3 aromatic rings. The quantitative estimate of drug-likeness (QED) is 0.613. The molecular weight excluding hydrogens is 372 g/mol. The highest BCUT2D eigenvalue weighted by molar-refractivity contribution is 7.13. The first kappa shape index (κ1) is 19.8. The highest BCUT2D eigenvalue weighted by Crippen LogP contribution is 2.27. The van der Waals surface area contributed by atoms with Crippen molar-refractivity contribution in [2.45, 2.75) is 32.9 Å². The van der Waals surface area contributed by atoms with Gasteiger partial charge in [0.25, 0.3) is 5.91 Å². The summed E-state index contributed by atoms with van der Waals surface area (Å²) in [7, 11) is 0. The number of amides is 2. The van der Waals surface area contributed by atoms with Crippen molar-refractivity contribution in [1.82, 2.24) is 20.4 Å². The number of nitrogens with zero attached hydrogens (tertiary/aromatic N) is 2. The van der Waals surface area contributed by atoms with Crippen LogP contribution in [-0.2, 0) is 11.3 Å². The lowest BCUT2D eigenvalue weighted by atomic mass is 10.2. The average Bonchev–Trinajstić information content (AvgIpc) is 3.36. The first-order valence-corrected chi connectivity index (χ1v) is 10.2. The summed E-state index contributed by atoms with van der Waals surface area (Å²) in [6, 6.07) is 13.2. The molecule has 28 heavy (non-hydrogen) atoms. The van der Waals surface area contributed by atoms with E-state index in [0.29, 0.717) is 24.3 Å². The summed E-state index contributed by atoms with van der Waals surface area (Å²) >= 11 is 1.53. The molecule has 0 aliphatic heterocycles. The van der Waals surface area contributed by atoms with E-state index in [4.69, 9.17) is 0 Å². The third-order valence-electron chi connectivity index (χ3n) is 4.24. The number of hydrogen-bond donors (Lipinski definition) is 2. The number of carbonyl (C=O) groups is 2. The first-order valence-electron chi connectivity index (χ1n) is 9.32. The molecule has 2 N–H and O–H groups in total. The van der Waals surface area contributed by atoms with Gasteiger partial charge in [-0.25, -0.2) is 0 Å². The van der Waals surface area contributed by atoms with Crippen molar-refractivity contribution < 1.29 is 9.59 Å². The molecule has 2 heterocycles.